The van der Waals surface area contributed by atoms with Gasteiger partial charge in [0, 0.05) is 54.4 Å². The lowest BCUT2D eigenvalue weighted by atomic mass is 10.0. The molecule has 3 aromatic heterocycles. The molecular weight excluding hydrogens is 416 g/mol. The van der Waals surface area contributed by atoms with Crippen molar-refractivity contribution in [3.8, 4) is 11.1 Å². The van der Waals surface area contributed by atoms with Crippen LogP contribution >= 0.6 is 0 Å². The summed E-state index contributed by atoms with van der Waals surface area (Å²) in [6.45, 7) is 0.967. The Labute approximate surface area is 191 Å². The zero-order chi connectivity index (χ0) is 22.5. The second-order valence-electron chi connectivity index (χ2n) is 8.21. The maximum absolute atomic E-state index is 12.5. The molecule has 1 aliphatic rings. The van der Waals surface area contributed by atoms with Gasteiger partial charge in [0.05, 0.1) is 6.20 Å². The van der Waals surface area contributed by atoms with E-state index in [0.717, 1.165) is 46.8 Å². The Morgan fingerprint density at radius 3 is 2.82 bits per heavy atom. The minimum atomic E-state index is -0.201. The van der Waals surface area contributed by atoms with Gasteiger partial charge < -0.3 is 9.73 Å². The van der Waals surface area contributed by atoms with E-state index in [1.807, 2.05) is 41.2 Å². The molecule has 0 unspecified atom stereocenters. The highest BCUT2D eigenvalue weighted by molar-refractivity contribution is 6.02. The maximum Gasteiger partial charge on any atom is 0.248 e. The van der Waals surface area contributed by atoms with Crippen molar-refractivity contribution >= 4 is 17.7 Å². The lowest BCUT2D eigenvalue weighted by Crippen LogP contribution is -2.07. The Morgan fingerprint density at radius 1 is 1.15 bits per heavy atom. The molecule has 0 atom stereocenters. The van der Waals surface area contributed by atoms with E-state index in [0.29, 0.717) is 12.3 Å². The minimum absolute atomic E-state index is 0.201. The highest BCUT2D eigenvalue weighted by Crippen LogP contribution is 2.31. The largest absolute Gasteiger partial charge is 0.428 e. The van der Waals surface area contributed by atoms with Crippen LogP contribution in [0, 0.1) is 5.92 Å². The number of pyridine rings is 1. The average molecular weight is 441 g/mol. The van der Waals surface area contributed by atoms with E-state index in [1.54, 1.807) is 18.5 Å². The van der Waals surface area contributed by atoms with Gasteiger partial charge in [0.1, 0.15) is 0 Å². The molecule has 1 saturated carbocycles. The molecule has 0 saturated heterocycles. The van der Waals surface area contributed by atoms with Crippen LogP contribution in [0.4, 0.5) is 5.69 Å². The van der Waals surface area contributed by atoms with Crippen molar-refractivity contribution in [2.24, 2.45) is 5.92 Å². The van der Waals surface area contributed by atoms with Crippen LogP contribution in [0.15, 0.2) is 72.0 Å². The molecule has 0 spiro atoms. The Bertz CT molecular complexity index is 1240. The number of hydrogen-bond donors (Lipinski definition) is 1. The Kier molecular flexibility index (Phi) is 6.06. The highest BCUT2D eigenvalue weighted by Gasteiger charge is 2.22. The molecule has 1 fully saturated rings. The van der Waals surface area contributed by atoms with Crippen LogP contribution in [-0.4, -0.2) is 30.9 Å². The van der Waals surface area contributed by atoms with E-state index >= 15 is 0 Å². The zero-order valence-corrected chi connectivity index (χ0v) is 18.1. The summed E-state index contributed by atoms with van der Waals surface area (Å²) in [4.78, 5) is 16.7. The predicted molar refractivity (Wildman–Crippen MR) is 124 cm³/mol. The van der Waals surface area contributed by atoms with Gasteiger partial charge in [-0.1, -0.05) is 12.1 Å². The monoisotopic (exact) mass is 440 g/mol. The molecule has 0 radical (unpaired) electrons. The molecule has 0 bridgehead atoms. The Balaban J connectivity index is 1.20. The average Bonchev–Trinajstić information content (AvgIpc) is 3.29. The Morgan fingerprint density at radius 2 is 2.03 bits per heavy atom. The summed E-state index contributed by atoms with van der Waals surface area (Å²) in [7, 11) is 0. The van der Waals surface area contributed by atoms with Crippen molar-refractivity contribution in [3.05, 3.63) is 84.6 Å². The van der Waals surface area contributed by atoms with Gasteiger partial charge in [0.2, 0.25) is 18.2 Å². The van der Waals surface area contributed by atoms with Crippen molar-refractivity contribution in [1.29, 1.82) is 0 Å². The van der Waals surface area contributed by atoms with Crippen LogP contribution in [-0.2, 0) is 24.2 Å². The zero-order valence-electron chi connectivity index (χ0n) is 18.1. The molecule has 1 aromatic carbocycles. The molecule has 5 rings (SSSR count). The summed E-state index contributed by atoms with van der Waals surface area (Å²) in [5.74, 6) is 1.17. The molecule has 1 amide bonds. The second kappa shape index (κ2) is 9.60. The van der Waals surface area contributed by atoms with Crippen LogP contribution in [0.3, 0.4) is 0 Å². The van der Waals surface area contributed by atoms with Crippen LogP contribution in [0.2, 0.25) is 0 Å². The molecule has 8 nitrogen and oxygen atoms in total. The summed E-state index contributed by atoms with van der Waals surface area (Å²) in [5, 5.41) is 14.9. The molecule has 33 heavy (non-hydrogen) atoms. The van der Waals surface area contributed by atoms with E-state index in [2.05, 4.69) is 31.8 Å². The van der Waals surface area contributed by atoms with Crippen molar-refractivity contribution in [1.82, 2.24) is 25.0 Å². The van der Waals surface area contributed by atoms with Crippen molar-refractivity contribution < 1.29 is 9.21 Å². The van der Waals surface area contributed by atoms with E-state index in [9.17, 15) is 4.79 Å². The topological polar surface area (TPSA) is 98.7 Å². The smallest absolute Gasteiger partial charge is 0.248 e. The van der Waals surface area contributed by atoms with Gasteiger partial charge in [0.25, 0.3) is 0 Å². The first kappa shape index (κ1) is 20.8. The van der Waals surface area contributed by atoms with Gasteiger partial charge in [-0.05, 0) is 60.6 Å². The van der Waals surface area contributed by atoms with Gasteiger partial charge in [-0.15, -0.1) is 10.2 Å². The van der Waals surface area contributed by atoms with Crippen molar-refractivity contribution in [2.45, 2.75) is 32.2 Å². The quantitative estimate of drug-likeness (QED) is 0.392. The fourth-order valence-corrected chi connectivity index (χ4v) is 3.63. The molecule has 3 heterocycles. The van der Waals surface area contributed by atoms with Crippen LogP contribution in [0.25, 0.3) is 17.2 Å². The first-order chi connectivity index (χ1) is 16.2. The van der Waals surface area contributed by atoms with Crippen LogP contribution < -0.4 is 5.32 Å². The van der Waals surface area contributed by atoms with E-state index in [-0.39, 0.29) is 5.91 Å². The number of nitrogens with one attached hydrogen (secondary N) is 1. The lowest BCUT2D eigenvalue weighted by Gasteiger charge is -2.05. The van der Waals surface area contributed by atoms with Gasteiger partial charge in [-0.3, -0.25) is 14.5 Å². The van der Waals surface area contributed by atoms with E-state index in [4.69, 9.17) is 4.42 Å². The van der Waals surface area contributed by atoms with Crippen molar-refractivity contribution in [2.75, 3.05) is 5.32 Å². The SMILES string of the molecule is O=C(/C=C/c1cnccc1-c1cnn(CC2CC2)c1)Nc1ccc(CCc2nnco2)cc1. The third-order valence-electron chi connectivity index (χ3n) is 5.61. The second-order valence-corrected chi connectivity index (χ2v) is 8.21. The number of benzene rings is 1. The number of nitrogens with zero attached hydrogens (tertiary/aromatic N) is 5. The first-order valence-electron chi connectivity index (χ1n) is 11.0. The Hall–Kier alpha value is -4.07. The molecule has 8 heteroatoms. The van der Waals surface area contributed by atoms with Crippen molar-refractivity contribution in [3.63, 3.8) is 0 Å². The molecule has 4 aromatic rings. The third kappa shape index (κ3) is 5.60. The van der Waals surface area contributed by atoms with Gasteiger partial charge in [-0.2, -0.15) is 5.10 Å². The summed E-state index contributed by atoms with van der Waals surface area (Å²) >= 11 is 0. The number of carbonyl (C=O) groups excluding carboxylic acids is 1. The molecule has 166 valence electrons. The third-order valence-corrected chi connectivity index (χ3v) is 5.61. The first-order valence-corrected chi connectivity index (χ1v) is 11.0. The highest BCUT2D eigenvalue weighted by atomic mass is 16.4. The van der Waals surface area contributed by atoms with Crippen LogP contribution in [0.1, 0.15) is 29.9 Å². The number of carbonyl (C=O) groups is 1. The van der Waals surface area contributed by atoms with E-state index < -0.39 is 0 Å². The number of aryl methyl sites for hydroxylation is 2. The summed E-state index contributed by atoms with van der Waals surface area (Å²) in [6.07, 6.45) is 16.1. The number of aromatic nitrogens is 5. The van der Waals surface area contributed by atoms with Gasteiger partial charge >= 0.3 is 0 Å². The molecule has 0 aliphatic heterocycles. The summed E-state index contributed by atoms with van der Waals surface area (Å²) in [6, 6.07) is 9.68. The number of rotatable bonds is 9. The molecule has 1 N–H and O–H groups in total. The fourth-order valence-electron chi connectivity index (χ4n) is 3.63. The molecule has 1 aliphatic carbocycles. The number of anilines is 1. The van der Waals surface area contributed by atoms with Gasteiger partial charge in [0.15, 0.2) is 0 Å². The molecular formula is C25H24N6O2. The standard InChI is InChI=1S/C25H24N6O2/c32-24(29-22-7-3-18(4-8-22)5-10-25-30-27-17-33-25)9-6-20-13-26-12-11-23(20)21-14-28-31(16-21)15-19-1-2-19/h3-4,6-9,11-14,16-17,19H,1-2,5,10,15H2,(H,29,32)/b9-6+. The van der Waals surface area contributed by atoms with E-state index in [1.165, 1.54) is 25.3 Å². The van der Waals surface area contributed by atoms with Crippen LogP contribution in [0.5, 0.6) is 0 Å². The minimum Gasteiger partial charge on any atom is -0.428 e. The maximum atomic E-state index is 12.5. The summed E-state index contributed by atoms with van der Waals surface area (Å²) < 4.78 is 7.15. The fraction of sp³-hybridized carbons (Fsp3) is 0.240. The normalized spacial score (nSPS) is 13.5. The predicted octanol–water partition coefficient (Wildman–Crippen LogP) is 4.18. The number of hydrogen-bond acceptors (Lipinski definition) is 6. The number of amides is 1. The lowest BCUT2D eigenvalue weighted by molar-refractivity contribution is -0.111. The van der Waals surface area contributed by atoms with Gasteiger partial charge in [-0.25, -0.2) is 0 Å². The summed E-state index contributed by atoms with van der Waals surface area (Å²) in [5.41, 5.74) is 4.76.